The number of rotatable bonds is 10. The molecule has 0 saturated heterocycles. The zero-order valence-corrected chi connectivity index (χ0v) is 31.0. The number of hydrogen-bond donors (Lipinski definition) is 6. The number of ether oxygens (including phenoxy) is 1. The molecule has 54 heavy (non-hydrogen) atoms. The van der Waals surface area contributed by atoms with Gasteiger partial charge in [0.25, 0.3) is 5.91 Å². The fourth-order valence-corrected chi connectivity index (χ4v) is 6.36. The highest BCUT2D eigenvalue weighted by Crippen LogP contribution is 2.34. The number of anilines is 1. The van der Waals surface area contributed by atoms with E-state index in [1.807, 2.05) is 56.3 Å². The molecule has 14 nitrogen and oxygen atoms in total. The first-order valence-electron chi connectivity index (χ1n) is 17.7. The third kappa shape index (κ3) is 9.63. The first kappa shape index (κ1) is 39.1. The second-order valence-electron chi connectivity index (χ2n) is 13.6. The second kappa shape index (κ2) is 17.1. The Morgan fingerprint density at radius 3 is 2.28 bits per heavy atom. The van der Waals surface area contributed by atoms with Crippen LogP contribution in [0.2, 0.25) is 0 Å². The van der Waals surface area contributed by atoms with E-state index >= 15 is 0 Å². The SMILES string of the molecule is Cc1cc2cc(c1NC(=O)[C@H](CCN)NC(=O)c1c(C)nc(-c3ccc(OC(C)C)cc3)nc1C)-c1cccc(c1)CC(=O)NCC(=O)NC(C(N)=O)C2. The molecule has 0 aliphatic carbocycles. The van der Waals surface area contributed by atoms with Crippen LogP contribution in [0, 0.1) is 20.8 Å². The summed E-state index contributed by atoms with van der Waals surface area (Å²) >= 11 is 0. The van der Waals surface area contributed by atoms with E-state index in [9.17, 15) is 24.0 Å². The fourth-order valence-electron chi connectivity index (χ4n) is 6.36. The molecule has 2 heterocycles. The van der Waals surface area contributed by atoms with Crippen LogP contribution in [0.1, 0.15) is 58.7 Å². The molecule has 1 unspecified atom stereocenters. The Labute approximate surface area is 313 Å². The van der Waals surface area contributed by atoms with Crippen molar-refractivity contribution in [2.45, 2.75) is 72.1 Å². The highest BCUT2D eigenvalue weighted by molar-refractivity contribution is 6.04. The molecular weight excluding hydrogens is 688 g/mol. The van der Waals surface area contributed by atoms with Gasteiger partial charge in [-0.2, -0.15) is 0 Å². The number of fused-ring (bicyclic) bond motifs is 5. The van der Waals surface area contributed by atoms with Crippen molar-refractivity contribution in [1.82, 2.24) is 25.9 Å². The molecule has 0 spiro atoms. The predicted octanol–water partition coefficient (Wildman–Crippen LogP) is 2.79. The molecular formula is C40H46N8O6. The number of nitrogens with one attached hydrogen (secondary N) is 4. The number of benzene rings is 3. The van der Waals surface area contributed by atoms with Crippen molar-refractivity contribution in [1.29, 1.82) is 0 Å². The minimum atomic E-state index is -1.05. The molecule has 1 aromatic heterocycles. The monoisotopic (exact) mass is 734 g/mol. The van der Waals surface area contributed by atoms with E-state index < -0.39 is 35.7 Å². The van der Waals surface area contributed by atoms with Crippen molar-refractivity contribution < 1.29 is 28.7 Å². The molecule has 5 amide bonds. The maximum Gasteiger partial charge on any atom is 0.255 e. The third-order valence-electron chi connectivity index (χ3n) is 8.87. The summed E-state index contributed by atoms with van der Waals surface area (Å²) in [6.07, 6.45) is 0.233. The van der Waals surface area contributed by atoms with Crippen LogP contribution >= 0.6 is 0 Å². The Kier molecular flexibility index (Phi) is 12.4. The maximum absolute atomic E-state index is 14.0. The lowest BCUT2D eigenvalue weighted by molar-refractivity contribution is -0.128. The van der Waals surface area contributed by atoms with E-state index in [0.717, 1.165) is 11.3 Å². The molecule has 0 radical (unpaired) electrons. The van der Waals surface area contributed by atoms with E-state index in [1.165, 1.54) is 0 Å². The summed E-state index contributed by atoms with van der Waals surface area (Å²) in [4.78, 5) is 74.5. The van der Waals surface area contributed by atoms with Gasteiger partial charge in [-0.05, 0) is 100 Å². The summed E-state index contributed by atoms with van der Waals surface area (Å²) in [7, 11) is 0. The van der Waals surface area contributed by atoms with E-state index in [2.05, 4.69) is 31.2 Å². The predicted molar refractivity (Wildman–Crippen MR) is 204 cm³/mol. The molecule has 3 aromatic carbocycles. The number of nitrogens with two attached hydrogens (primary N) is 2. The zero-order valence-electron chi connectivity index (χ0n) is 31.0. The van der Waals surface area contributed by atoms with Crippen LogP contribution in [0.15, 0.2) is 60.7 Å². The number of aryl methyl sites for hydroxylation is 3. The second-order valence-corrected chi connectivity index (χ2v) is 13.6. The van der Waals surface area contributed by atoms with Gasteiger partial charge >= 0.3 is 0 Å². The van der Waals surface area contributed by atoms with Gasteiger partial charge in [-0.3, -0.25) is 24.0 Å². The van der Waals surface area contributed by atoms with Crippen molar-refractivity contribution in [3.05, 3.63) is 94.3 Å². The van der Waals surface area contributed by atoms with Gasteiger partial charge in [0.2, 0.25) is 23.6 Å². The molecule has 0 saturated carbocycles. The lowest BCUT2D eigenvalue weighted by Crippen LogP contribution is -2.49. The largest absolute Gasteiger partial charge is 0.491 e. The van der Waals surface area contributed by atoms with Crippen molar-refractivity contribution in [3.8, 4) is 28.3 Å². The Morgan fingerprint density at radius 1 is 0.926 bits per heavy atom. The summed E-state index contributed by atoms with van der Waals surface area (Å²) in [6.45, 7) is 8.93. The van der Waals surface area contributed by atoms with E-state index in [4.69, 9.17) is 16.2 Å². The van der Waals surface area contributed by atoms with E-state index in [-0.39, 0.29) is 49.9 Å². The Balaban J connectivity index is 1.44. The topological polar surface area (TPSA) is 221 Å². The number of carbonyl (C=O) groups excluding carboxylic acids is 5. The number of amides is 5. The molecule has 4 aromatic rings. The molecule has 8 N–H and O–H groups in total. The van der Waals surface area contributed by atoms with E-state index in [1.54, 1.807) is 39.0 Å². The number of primary amides is 1. The maximum atomic E-state index is 14.0. The molecule has 5 rings (SSSR count). The van der Waals surface area contributed by atoms with Crippen LogP contribution in [0.3, 0.4) is 0 Å². The summed E-state index contributed by atoms with van der Waals surface area (Å²) < 4.78 is 5.73. The molecule has 2 atom stereocenters. The van der Waals surface area contributed by atoms with Crippen LogP contribution in [0.5, 0.6) is 5.75 Å². The average Bonchev–Trinajstić information content (AvgIpc) is 3.10. The summed E-state index contributed by atoms with van der Waals surface area (Å²) in [6, 6.07) is 16.2. The average molecular weight is 735 g/mol. The van der Waals surface area contributed by atoms with Crippen LogP contribution in [-0.2, 0) is 32.0 Å². The number of hydrogen-bond acceptors (Lipinski definition) is 9. The van der Waals surface area contributed by atoms with Crippen molar-refractivity contribution in [2.75, 3.05) is 18.4 Å². The summed E-state index contributed by atoms with van der Waals surface area (Å²) in [5.41, 5.74) is 17.2. The van der Waals surface area contributed by atoms with Crippen LogP contribution in [0.4, 0.5) is 5.69 Å². The summed E-state index contributed by atoms with van der Waals surface area (Å²) in [5.74, 6) is -1.53. The number of carbonyl (C=O) groups is 5. The third-order valence-corrected chi connectivity index (χ3v) is 8.87. The first-order chi connectivity index (χ1) is 25.7. The molecule has 0 fully saturated rings. The first-order valence-corrected chi connectivity index (χ1v) is 17.7. The van der Waals surface area contributed by atoms with Crippen LogP contribution in [0.25, 0.3) is 22.5 Å². The lowest BCUT2D eigenvalue weighted by atomic mass is 9.93. The van der Waals surface area contributed by atoms with Gasteiger partial charge in [-0.15, -0.1) is 0 Å². The van der Waals surface area contributed by atoms with Gasteiger partial charge in [-0.25, -0.2) is 9.97 Å². The molecule has 1 aliphatic rings. The highest BCUT2D eigenvalue weighted by atomic mass is 16.5. The standard InChI is InChI=1S/C40H46N8O6/c1-21(2)54-29-11-9-27(10-12-29)38-44-23(4)35(24(5)45-38)40(53)47-31(13-14-41)39(52)48-36-22(3)15-26-17-30(36)28-8-6-7-25(16-28)19-33(49)43-20-34(50)46-32(18-26)37(42)51/h6-12,15-17,21,31-32H,13-14,18-20,41H2,1-5H3,(H2,42,51)(H,43,49)(H,46,50)(H,47,53)(H,48,52)/t31-,32?/m0/s1. The van der Waals surface area contributed by atoms with E-state index in [0.29, 0.717) is 50.7 Å². The van der Waals surface area contributed by atoms with Gasteiger partial charge < -0.3 is 37.5 Å². The zero-order chi connectivity index (χ0) is 39.1. The van der Waals surface area contributed by atoms with Gasteiger partial charge in [0.1, 0.15) is 17.8 Å². The van der Waals surface area contributed by atoms with Crippen LogP contribution in [-0.4, -0.2) is 70.8 Å². The smallest absolute Gasteiger partial charge is 0.255 e. The lowest BCUT2D eigenvalue weighted by Gasteiger charge is -2.23. The molecule has 1 aliphatic heterocycles. The Morgan fingerprint density at radius 2 is 1.63 bits per heavy atom. The van der Waals surface area contributed by atoms with Gasteiger partial charge in [-0.1, -0.05) is 30.3 Å². The Hall–Kier alpha value is -6.15. The fraction of sp³-hybridized carbons (Fsp3) is 0.325. The van der Waals surface area contributed by atoms with Gasteiger partial charge in [0, 0.05) is 17.5 Å². The number of nitrogens with zero attached hydrogens (tertiary/aromatic N) is 2. The quantitative estimate of drug-likeness (QED) is 0.141. The number of aromatic nitrogens is 2. The molecule has 282 valence electrons. The van der Waals surface area contributed by atoms with Gasteiger partial charge in [0.05, 0.1) is 41.7 Å². The minimum absolute atomic E-state index is 0.00555. The van der Waals surface area contributed by atoms with Crippen molar-refractivity contribution in [3.63, 3.8) is 0 Å². The molecule has 4 bridgehead atoms. The Bertz CT molecular complexity index is 2060. The van der Waals surface area contributed by atoms with Crippen molar-refractivity contribution in [2.24, 2.45) is 11.5 Å². The molecule has 14 heteroatoms. The van der Waals surface area contributed by atoms with Gasteiger partial charge in [0.15, 0.2) is 5.82 Å². The normalized spacial score (nSPS) is 15.0. The van der Waals surface area contributed by atoms with Crippen molar-refractivity contribution >= 4 is 35.2 Å². The highest BCUT2D eigenvalue weighted by Gasteiger charge is 2.27. The summed E-state index contributed by atoms with van der Waals surface area (Å²) in [5, 5.41) is 11.0. The van der Waals surface area contributed by atoms with Crippen LogP contribution < -0.4 is 37.5 Å². The minimum Gasteiger partial charge on any atom is -0.491 e.